The van der Waals surface area contributed by atoms with Gasteiger partial charge in [0.1, 0.15) is 11.2 Å². The van der Waals surface area contributed by atoms with Crippen LogP contribution in [0.15, 0.2) is 24.3 Å². The van der Waals surface area contributed by atoms with Gasteiger partial charge in [-0.15, -0.1) is 0 Å². The van der Waals surface area contributed by atoms with Gasteiger partial charge in [-0.2, -0.15) is 0 Å². The van der Waals surface area contributed by atoms with Crippen LogP contribution in [0.5, 0.6) is 0 Å². The number of hydrogen-bond acceptors (Lipinski definition) is 4. The molecule has 0 aliphatic heterocycles. The first-order valence-electron chi connectivity index (χ1n) is 7.40. The van der Waals surface area contributed by atoms with Crippen LogP contribution >= 0.6 is 7.80 Å². The molecule has 1 atom stereocenters. The fraction of sp³-hybridized carbons (Fsp3) is 0.588. The van der Waals surface area contributed by atoms with Crippen molar-refractivity contribution in [3.63, 3.8) is 0 Å². The lowest BCUT2D eigenvalue weighted by Gasteiger charge is -2.19. The predicted molar refractivity (Wildman–Crippen MR) is 89.4 cm³/mol. The molecule has 0 aliphatic carbocycles. The van der Waals surface area contributed by atoms with Gasteiger partial charge in [-0.05, 0) is 53.7 Å². The summed E-state index contributed by atoms with van der Waals surface area (Å²) in [7, 11) is -1.70. The molecule has 4 nitrogen and oxygen atoms in total. The normalized spacial score (nSPS) is 12.9. The second-order valence-corrected chi connectivity index (χ2v) is 8.77. The smallest absolute Gasteiger partial charge is 0.380 e. The van der Waals surface area contributed by atoms with Crippen LogP contribution < -0.4 is 5.30 Å². The van der Waals surface area contributed by atoms with Crippen molar-refractivity contribution in [2.45, 2.75) is 52.7 Å². The van der Waals surface area contributed by atoms with Crippen molar-refractivity contribution in [3.8, 4) is 0 Å². The van der Waals surface area contributed by atoms with Gasteiger partial charge in [0.15, 0.2) is 6.16 Å². The van der Waals surface area contributed by atoms with Crippen LogP contribution in [0, 0.1) is 0 Å². The summed E-state index contributed by atoms with van der Waals surface area (Å²) in [5.41, 5.74) is -0.472. The van der Waals surface area contributed by atoms with E-state index in [2.05, 4.69) is 0 Å². The van der Waals surface area contributed by atoms with Crippen molar-refractivity contribution < 1.29 is 18.8 Å². The van der Waals surface area contributed by atoms with E-state index in [1.807, 2.05) is 41.5 Å². The molecule has 1 aromatic rings. The van der Waals surface area contributed by atoms with Crippen molar-refractivity contribution in [1.82, 2.24) is 0 Å². The first kappa shape index (κ1) is 18.8. The van der Waals surface area contributed by atoms with E-state index in [9.17, 15) is 9.36 Å². The van der Waals surface area contributed by atoms with Crippen LogP contribution in [0.2, 0.25) is 0 Å². The molecular weight excluding hydrogens is 299 g/mol. The number of benzene rings is 1. The number of ether oxygens (including phenoxy) is 2. The number of carbonyl (C=O) groups excluding carboxylic acids is 1. The summed E-state index contributed by atoms with van der Waals surface area (Å²) < 4.78 is 23.5. The zero-order chi connectivity index (χ0) is 17.0. The average molecular weight is 325 g/mol. The highest BCUT2D eigenvalue weighted by Crippen LogP contribution is 2.24. The Morgan fingerprint density at radius 1 is 1.05 bits per heavy atom. The number of carbonyl (C=O) groups is 1. The molecule has 1 aromatic carbocycles. The van der Waals surface area contributed by atoms with E-state index in [0.717, 1.165) is 0 Å². The van der Waals surface area contributed by atoms with Crippen LogP contribution in [0.3, 0.4) is 0 Å². The Morgan fingerprint density at radius 2 is 1.64 bits per heavy atom. The van der Waals surface area contributed by atoms with Crippen LogP contribution in [0.25, 0.3) is 0 Å². The summed E-state index contributed by atoms with van der Waals surface area (Å²) in [5.74, 6) is -0.441. The summed E-state index contributed by atoms with van der Waals surface area (Å²) >= 11 is 0. The van der Waals surface area contributed by atoms with Gasteiger partial charge in [0, 0.05) is 0 Å². The molecule has 0 saturated carbocycles. The monoisotopic (exact) mass is 325 g/mol. The Bertz CT molecular complexity index is 538. The van der Waals surface area contributed by atoms with E-state index in [1.165, 1.54) is 0 Å². The van der Waals surface area contributed by atoms with Crippen LogP contribution in [0.4, 0.5) is 0 Å². The molecule has 0 spiro atoms. The maximum atomic E-state index is 12.5. The molecule has 0 fully saturated rings. The lowest BCUT2D eigenvalue weighted by molar-refractivity contribution is 0.00576. The van der Waals surface area contributed by atoms with Gasteiger partial charge < -0.3 is 9.47 Å². The Kier molecular flexibility index (Phi) is 6.27. The quantitative estimate of drug-likeness (QED) is 0.608. The summed E-state index contributed by atoms with van der Waals surface area (Å²) in [6.07, 6.45) is 0.381. The van der Waals surface area contributed by atoms with Crippen molar-refractivity contribution in [1.29, 1.82) is 0 Å². The van der Waals surface area contributed by atoms with Gasteiger partial charge in [-0.1, -0.05) is 16.7 Å². The summed E-state index contributed by atoms with van der Waals surface area (Å²) in [6.45, 7) is 11.7. The molecule has 122 valence electrons. The molecule has 0 saturated heterocycles. The van der Waals surface area contributed by atoms with Gasteiger partial charge in [0.05, 0.1) is 12.2 Å². The highest BCUT2D eigenvalue weighted by atomic mass is 31.1. The SMILES string of the molecule is CC(C)(C)OCC[P+](=O)c1ccccc1C(=O)OC(C)(C)C. The molecule has 0 heterocycles. The number of hydrogen-bond donors (Lipinski definition) is 0. The molecular formula is C17H26O4P+. The Labute approximate surface area is 134 Å². The van der Waals surface area contributed by atoms with E-state index in [-0.39, 0.29) is 5.60 Å². The largest absolute Gasteiger partial charge is 0.456 e. The second kappa shape index (κ2) is 7.34. The summed E-state index contributed by atoms with van der Waals surface area (Å²) in [4.78, 5) is 12.2. The topological polar surface area (TPSA) is 52.6 Å². The molecule has 0 radical (unpaired) electrons. The first-order chi connectivity index (χ1) is 9.99. The molecule has 0 bridgehead atoms. The van der Waals surface area contributed by atoms with Gasteiger partial charge in [0.2, 0.25) is 5.30 Å². The average Bonchev–Trinajstić information content (AvgIpc) is 2.35. The van der Waals surface area contributed by atoms with Crippen molar-refractivity contribution in [3.05, 3.63) is 29.8 Å². The van der Waals surface area contributed by atoms with Crippen molar-refractivity contribution in [2.24, 2.45) is 0 Å². The predicted octanol–water partition coefficient (Wildman–Crippen LogP) is 3.91. The Morgan fingerprint density at radius 3 is 2.18 bits per heavy atom. The van der Waals surface area contributed by atoms with Crippen LogP contribution in [0.1, 0.15) is 51.9 Å². The Balaban J connectivity index is 2.83. The minimum absolute atomic E-state index is 0.263. The highest BCUT2D eigenvalue weighted by Gasteiger charge is 2.29. The zero-order valence-corrected chi connectivity index (χ0v) is 15.2. The third-order valence-corrected chi connectivity index (χ3v) is 4.14. The molecule has 1 unspecified atom stereocenters. The minimum Gasteiger partial charge on any atom is -0.456 e. The van der Waals surface area contributed by atoms with E-state index in [4.69, 9.17) is 9.47 Å². The third kappa shape index (κ3) is 6.67. The minimum atomic E-state index is -1.70. The van der Waals surface area contributed by atoms with Crippen molar-refractivity contribution in [2.75, 3.05) is 12.8 Å². The van der Waals surface area contributed by atoms with Gasteiger partial charge >= 0.3 is 13.8 Å². The molecule has 0 N–H and O–H groups in total. The molecule has 5 heteroatoms. The van der Waals surface area contributed by atoms with Gasteiger partial charge in [-0.25, -0.2) is 4.79 Å². The fourth-order valence-electron chi connectivity index (χ4n) is 1.75. The Hall–Kier alpha value is -1.25. The molecule has 0 aliphatic rings. The highest BCUT2D eigenvalue weighted by molar-refractivity contribution is 7.53. The molecule has 0 aromatic heterocycles. The maximum absolute atomic E-state index is 12.5. The maximum Gasteiger partial charge on any atom is 0.380 e. The van der Waals surface area contributed by atoms with E-state index >= 15 is 0 Å². The van der Waals surface area contributed by atoms with Crippen LogP contribution in [-0.4, -0.2) is 29.9 Å². The molecule has 0 amide bonds. The van der Waals surface area contributed by atoms with E-state index in [1.54, 1.807) is 24.3 Å². The summed E-state index contributed by atoms with van der Waals surface area (Å²) in [5, 5.41) is 0.532. The first-order valence-corrected chi connectivity index (χ1v) is 8.85. The molecule has 22 heavy (non-hydrogen) atoms. The summed E-state index contributed by atoms with van der Waals surface area (Å²) in [6, 6.07) is 6.90. The fourth-order valence-corrected chi connectivity index (χ4v) is 2.94. The van der Waals surface area contributed by atoms with Crippen molar-refractivity contribution >= 4 is 19.1 Å². The lowest BCUT2D eigenvalue weighted by Crippen LogP contribution is -2.27. The second-order valence-electron chi connectivity index (χ2n) is 7.08. The van der Waals surface area contributed by atoms with E-state index < -0.39 is 19.4 Å². The zero-order valence-electron chi connectivity index (χ0n) is 14.3. The third-order valence-electron chi connectivity index (χ3n) is 2.62. The molecule has 1 rings (SSSR count). The van der Waals surface area contributed by atoms with E-state index in [0.29, 0.717) is 23.6 Å². The van der Waals surface area contributed by atoms with Gasteiger partial charge in [-0.3, -0.25) is 0 Å². The standard InChI is InChI=1S/C17H26O4P/c1-16(2,3)20-11-12-22(19)14-10-8-7-9-13(14)15(18)21-17(4,5)6/h7-10H,11-12H2,1-6H3/q+1. The lowest BCUT2D eigenvalue weighted by atomic mass is 10.1. The van der Waals surface area contributed by atoms with Gasteiger partial charge in [0.25, 0.3) is 0 Å². The van der Waals surface area contributed by atoms with Crippen LogP contribution in [-0.2, 0) is 14.0 Å². The number of esters is 1. The number of rotatable bonds is 5.